The lowest BCUT2D eigenvalue weighted by molar-refractivity contribution is -0.173. The number of hydrogen-bond acceptors (Lipinski definition) is 2. The van der Waals surface area contributed by atoms with Gasteiger partial charge in [-0.25, -0.2) is 0 Å². The monoisotopic (exact) mass is 224 g/mol. The number of carbonyl (C=O) groups is 1. The number of alkyl halides is 3. The van der Waals surface area contributed by atoms with E-state index in [4.69, 9.17) is 0 Å². The van der Waals surface area contributed by atoms with E-state index in [1.165, 1.54) is 0 Å². The van der Waals surface area contributed by atoms with Gasteiger partial charge in [0.05, 0.1) is 0 Å². The van der Waals surface area contributed by atoms with Crippen LogP contribution in [0.25, 0.3) is 0 Å². The maximum absolute atomic E-state index is 11.8. The SMILES string of the molecule is O=C(NCCCN1CCCC1)C(F)(F)F. The Morgan fingerprint density at radius 2 is 1.87 bits per heavy atom. The van der Waals surface area contributed by atoms with Crippen molar-refractivity contribution in [2.24, 2.45) is 0 Å². The van der Waals surface area contributed by atoms with Crippen molar-refractivity contribution in [1.29, 1.82) is 0 Å². The molecule has 1 aliphatic rings. The van der Waals surface area contributed by atoms with Gasteiger partial charge in [0.25, 0.3) is 0 Å². The van der Waals surface area contributed by atoms with E-state index in [0.717, 1.165) is 32.5 Å². The fourth-order valence-electron chi connectivity index (χ4n) is 1.61. The van der Waals surface area contributed by atoms with Gasteiger partial charge in [-0.15, -0.1) is 0 Å². The van der Waals surface area contributed by atoms with E-state index in [2.05, 4.69) is 4.90 Å². The summed E-state index contributed by atoms with van der Waals surface area (Å²) in [5, 5.41) is 1.86. The topological polar surface area (TPSA) is 32.3 Å². The number of likely N-dealkylation sites (tertiary alicyclic amines) is 1. The van der Waals surface area contributed by atoms with Crippen LogP contribution in [0.15, 0.2) is 0 Å². The van der Waals surface area contributed by atoms with E-state index in [1.807, 2.05) is 5.32 Å². The molecule has 0 unspecified atom stereocenters. The van der Waals surface area contributed by atoms with Crippen LogP contribution in [0.5, 0.6) is 0 Å². The molecule has 1 fully saturated rings. The first-order chi connectivity index (χ1) is 7.00. The van der Waals surface area contributed by atoms with Crippen LogP contribution in [0, 0.1) is 0 Å². The summed E-state index contributed by atoms with van der Waals surface area (Å²) >= 11 is 0. The highest BCUT2D eigenvalue weighted by Gasteiger charge is 2.38. The summed E-state index contributed by atoms with van der Waals surface area (Å²) in [6, 6.07) is 0. The Morgan fingerprint density at radius 1 is 1.27 bits per heavy atom. The van der Waals surface area contributed by atoms with Crippen molar-refractivity contribution in [3.63, 3.8) is 0 Å². The lowest BCUT2D eigenvalue weighted by Crippen LogP contribution is -2.38. The quantitative estimate of drug-likeness (QED) is 0.726. The van der Waals surface area contributed by atoms with E-state index in [0.29, 0.717) is 6.42 Å². The summed E-state index contributed by atoms with van der Waals surface area (Å²) in [5.41, 5.74) is 0. The zero-order valence-corrected chi connectivity index (χ0v) is 8.44. The average molecular weight is 224 g/mol. The van der Waals surface area contributed by atoms with E-state index >= 15 is 0 Å². The molecular formula is C9H15F3N2O. The zero-order valence-electron chi connectivity index (χ0n) is 8.44. The van der Waals surface area contributed by atoms with Crippen molar-refractivity contribution in [2.75, 3.05) is 26.2 Å². The fraction of sp³-hybridized carbons (Fsp3) is 0.889. The van der Waals surface area contributed by atoms with Gasteiger partial charge >= 0.3 is 12.1 Å². The third kappa shape index (κ3) is 4.51. The van der Waals surface area contributed by atoms with Crippen molar-refractivity contribution in [1.82, 2.24) is 10.2 Å². The van der Waals surface area contributed by atoms with Crippen LogP contribution in [-0.2, 0) is 4.79 Å². The molecule has 1 N–H and O–H groups in total. The van der Waals surface area contributed by atoms with E-state index in [9.17, 15) is 18.0 Å². The lowest BCUT2D eigenvalue weighted by Gasteiger charge is -2.14. The molecule has 0 aromatic rings. The highest BCUT2D eigenvalue weighted by atomic mass is 19.4. The minimum Gasteiger partial charge on any atom is -0.348 e. The van der Waals surface area contributed by atoms with E-state index < -0.39 is 12.1 Å². The third-order valence-electron chi connectivity index (χ3n) is 2.39. The molecule has 0 aliphatic carbocycles. The maximum atomic E-state index is 11.8. The number of nitrogens with zero attached hydrogens (tertiary/aromatic N) is 1. The number of rotatable bonds is 4. The summed E-state index contributed by atoms with van der Waals surface area (Å²) in [5.74, 6) is -1.84. The van der Waals surface area contributed by atoms with Crippen LogP contribution >= 0.6 is 0 Å². The Kier molecular flexibility index (Phi) is 4.38. The number of hydrogen-bond donors (Lipinski definition) is 1. The van der Waals surface area contributed by atoms with Crippen molar-refractivity contribution in [3.05, 3.63) is 0 Å². The van der Waals surface area contributed by atoms with Gasteiger partial charge in [-0.2, -0.15) is 13.2 Å². The smallest absolute Gasteiger partial charge is 0.348 e. The molecule has 0 aromatic carbocycles. The zero-order chi connectivity index (χ0) is 11.3. The number of amides is 1. The van der Waals surface area contributed by atoms with Crippen LogP contribution in [0.2, 0.25) is 0 Å². The fourth-order valence-corrected chi connectivity index (χ4v) is 1.61. The Hall–Kier alpha value is -0.780. The molecule has 6 heteroatoms. The minimum absolute atomic E-state index is 0.0921. The van der Waals surface area contributed by atoms with Crippen molar-refractivity contribution >= 4 is 5.91 Å². The summed E-state index contributed by atoms with van der Waals surface area (Å²) in [6.07, 6.45) is -1.86. The standard InChI is InChI=1S/C9H15F3N2O/c10-9(11,12)8(15)13-4-3-7-14-5-1-2-6-14/h1-7H2,(H,13,15). The molecular weight excluding hydrogens is 209 g/mol. The van der Waals surface area contributed by atoms with E-state index in [1.54, 1.807) is 0 Å². The average Bonchev–Trinajstić information content (AvgIpc) is 2.63. The van der Waals surface area contributed by atoms with Crippen LogP contribution in [0.4, 0.5) is 13.2 Å². The lowest BCUT2D eigenvalue weighted by atomic mass is 10.4. The van der Waals surface area contributed by atoms with Crippen molar-refractivity contribution in [2.45, 2.75) is 25.4 Å². The first kappa shape index (κ1) is 12.3. The van der Waals surface area contributed by atoms with Crippen LogP contribution < -0.4 is 5.32 Å². The highest BCUT2D eigenvalue weighted by Crippen LogP contribution is 2.14. The molecule has 0 spiro atoms. The molecule has 1 aliphatic heterocycles. The Labute approximate surface area is 86.6 Å². The normalized spacial score (nSPS) is 18.1. The molecule has 1 amide bonds. The largest absolute Gasteiger partial charge is 0.471 e. The highest BCUT2D eigenvalue weighted by molar-refractivity contribution is 5.81. The summed E-state index contributed by atoms with van der Waals surface area (Å²) in [4.78, 5) is 12.6. The van der Waals surface area contributed by atoms with Gasteiger partial charge in [-0.05, 0) is 38.9 Å². The van der Waals surface area contributed by atoms with Gasteiger partial charge in [0.1, 0.15) is 0 Å². The molecule has 1 saturated heterocycles. The molecule has 3 nitrogen and oxygen atoms in total. The summed E-state index contributed by atoms with van der Waals surface area (Å²) in [6.45, 7) is 2.90. The second-order valence-electron chi connectivity index (χ2n) is 3.66. The van der Waals surface area contributed by atoms with Crippen LogP contribution in [0.1, 0.15) is 19.3 Å². The van der Waals surface area contributed by atoms with Crippen LogP contribution in [0.3, 0.4) is 0 Å². The van der Waals surface area contributed by atoms with Gasteiger partial charge in [-0.1, -0.05) is 0 Å². The van der Waals surface area contributed by atoms with Gasteiger partial charge in [0.15, 0.2) is 0 Å². The molecule has 1 heterocycles. The second-order valence-corrected chi connectivity index (χ2v) is 3.66. The van der Waals surface area contributed by atoms with E-state index in [-0.39, 0.29) is 6.54 Å². The first-order valence-corrected chi connectivity index (χ1v) is 5.07. The van der Waals surface area contributed by atoms with Gasteiger partial charge in [-0.3, -0.25) is 4.79 Å². The Morgan fingerprint density at radius 3 is 2.40 bits per heavy atom. The van der Waals surface area contributed by atoms with Crippen LogP contribution in [-0.4, -0.2) is 43.2 Å². The van der Waals surface area contributed by atoms with Crippen molar-refractivity contribution in [3.8, 4) is 0 Å². The number of nitrogens with one attached hydrogen (secondary N) is 1. The van der Waals surface area contributed by atoms with Crippen molar-refractivity contribution < 1.29 is 18.0 Å². The predicted octanol–water partition coefficient (Wildman–Crippen LogP) is 1.15. The minimum atomic E-state index is -4.76. The second kappa shape index (κ2) is 5.34. The third-order valence-corrected chi connectivity index (χ3v) is 2.39. The molecule has 0 radical (unpaired) electrons. The summed E-state index contributed by atoms with van der Waals surface area (Å²) < 4.78 is 35.3. The molecule has 0 atom stereocenters. The first-order valence-electron chi connectivity index (χ1n) is 5.07. The molecule has 88 valence electrons. The van der Waals surface area contributed by atoms with Gasteiger partial charge < -0.3 is 10.2 Å². The Balaban J connectivity index is 2.03. The number of halogens is 3. The molecule has 15 heavy (non-hydrogen) atoms. The Bertz CT molecular complexity index is 212. The summed E-state index contributed by atoms with van der Waals surface area (Å²) in [7, 11) is 0. The maximum Gasteiger partial charge on any atom is 0.471 e. The van der Waals surface area contributed by atoms with Gasteiger partial charge in [0.2, 0.25) is 0 Å². The molecule has 0 aromatic heterocycles. The number of carbonyl (C=O) groups excluding carboxylic acids is 1. The molecule has 0 bridgehead atoms. The molecule has 0 saturated carbocycles. The molecule has 1 rings (SSSR count). The predicted molar refractivity (Wildman–Crippen MR) is 49.4 cm³/mol. The van der Waals surface area contributed by atoms with Gasteiger partial charge in [0, 0.05) is 6.54 Å².